The summed E-state index contributed by atoms with van der Waals surface area (Å²) >= 11 is 2.75. The number of aryl methyl sites for hydroxylation is 1. The lowest BCUT2D eigenvalue weighted by atomic mass is 10.1. The zero-order valence-electron chi connectivity index (χ0n) is 15.1. The smallest absolute Gasteiger partial charge is 0.230 e. The minimum absolute atomic E-state index is 0.113. The Morgan fingerprint density at radius 2 is 1.96 bits per heavy atom. The number of halogens is 2. The molecule has 140 valence electrons. The standard InChI is InChI=1S/C20H18F2N2OS2/c1-12-5-4-6-19(13(12)2)24(14(3)25)20-23-15(11-27-20)10-26-16-7-8-17(21)18(22)9-16/h4-9,11H,10H2,1-3H3. The molecule has 0 saturated carbocycles. The van der Waals surface area contributed by atoms with Gasteiger partial charge in [0.25, 0.3) is 0 Å². The molecule has 0 atom stereocenters. The van der Waals surface area contributed by atoms with Crippen molar-refractivity contribution in [1.82, 2.24) is 4.98 Å². The Labute approximate surface area is 165 Å². The van der Waals surface area contributed by atoms with Gasteiger partial charge in [0, 0.05) is 23.0 Å². The maximum atomic E-state index is 13.3. The SMILES string of the molecule is CC(=O)N(c1nc(CSc2ccc(F)c(F)c2)cs1)c1cccc(C)c1C. The van der Waals surface area contributed by atoms with E-state index in [1.165, 1.54) is 42.2 Å². The highest BCUT2D eigenvalue weighted by Gasteiger charge is 2.20. The highest BCUT2D eigenvalue weighted by molar-refractivity contribution is 7.98. The Morgan fingerprint density at radius 3 is 2.67 bits per heavy atom. The Morgan fingerprint density at radius 1 is 1.19 bits per heavy atom. The molecular formula is C20H18F2N2OS2. The second kappa shape index (κ2) is 8.19. The molecule has 0 aliphatic rings. The Bertz CT molecular complexity index is 988. The van der Waals surface area contributed by atoms with Crippen LogP contribution in [0.4, 0.5) is 19.6 Å². The molecule has 0 aliphatic carbocycles. The highest BCUT2D eigenvalue weighted by atomic mass is 32.2. The third kappa shape index (κ3) is 4.36. The van der Waals surface area contributed by atoms with Crippen LogP contribution in [0.15, 0.2) is 46.7 Å². The zero-order valence-corrected chi connectivity index (χ0v) is 16.8. The molecule has 0 unspecified atom stereocenters. The summed E-state index contributed by atoms with van der Waals surface area (Å²) in [7, 11) is 0. The number of nitrogens with zero attached hydrogens (tertiary/aromatic N) is 2. The molecule has 1 amide bonds. The van der Waals surface area contributed by atoms with Gasteiger partial charge in [-0.2, -0.15) is 0 Å². The summed E-state index contributed by atoms with van der Waals surface area (Å²) < 4.78 is 26.3. The molecular weight excluding hydrogens is 386 g/mol. The third-order valence-corrected chi connectivity index (χ3v) is 6.04. The molecule has 0 saturated heterocycles. The number of thiazole rings is 1. The van der Waals surface area contributed by atoms with Crippen molar-refractivity contribution >= 4 is 39.8 Å². The van der Waals surface area contributed by atoms with Gasteiger partial charge in [-0.15, -0.1) is 23.1 Å². The van der Waals surface area contributed by atoms with E-state index >= 15 is 0 Å². The van der Waals surface area contributed by atoms with Crippen LogP contribution in [0.2, 0.25) is 0 Å². The third-order valence-electron chi connectivity index (χ3n) is 4.14. The quantitative estimate of drug-likeness (QED) is 0.488. The lowest BCUT2D eigenvalue weighted by Gasteiger charge is -2.21. The van der Waals surface area contributed by atoms with Gasteiger partial charge in [0.15, 0.2) is 16.8 Å². The van der Waals surface area contributed by atoms with E-state index in [9.17, 15) is 13.6 Å². The van der Waals surface area contributed by atoms with Gasteiger partial charge in [-0.3, -0.25) is 9.69 Å². The molecule has 27 heavy (non-hydrogen) atoms. The summed E-state index contributed by atoms with van der Waals surface area (Å²) in [6.45, 7) is 5.50. The van der Waals surface area contributed by atoms with Crippen molar-refractivity contribution < 1.29 is 13.6 Å². The van der Waals surface area contributed by atoms with Crippen molar-refractivity contribution in [3.63, 3.8) is 0 Å². The van der Waals surface area contributed by atoms with Crippen molar-refractivity contribution in [3.05, 3.63) is 70.2 Å². The number of carbonyl (C=O) groups is 1. The summed E-state index contributed by atoms with van der Waals surface area (Å²) in [5.74, 6) is -1.34. The van der Waals surface area contributed by atoms with E-state index in [0.29, 0.717) is 15.8 Å². The van der Waals surface area contributed by atoms with Gasteiger partial charge in [0.2, 0.25) is 5.91 Å². The molecule has 0 fully saturated rings. The van der Waals surface area contributed by atoms with Crippen LogP contribution in [-0.2, 0) is 10.5 Å². The predicted octanol–water partition coefficient (Wildman–Crippen LogP) is 6.02. The van der Waals surface area contributed by atoms with E-state index in [4.69, 9.17) is 0 Å². The summed E-state index contributed by atoms with van der Waals surface area (Å²) in [5.41, 5.74) is 3.72. The van der Waals surface area contributed by atoms with Crippen LogP contribution >= 0.6 is 23.1 Å². The minimum Gasteiger partial charge on any atom is -0.274 e. The van der Waals surface area contributed by atoms with Crippen LogP contribution in [0.1, 0.15) is 23.7 Å². The van der Waals surface area contributed by atoms with Crippen LogP contribution < -0.4 is 4.90 Å². The average molecular weight is 405 g/mol. The van der Waals surface area contributed by atoms with Crippen molar-refractivity contribution in [3.8, 4) is 0 Å². The zero-order chi connectivity index (χ0) is 19.6. The first-order chi connectivity index (χ1) is 12.9. The van der Waals surface area contributed by atoms with Crippen molar-refractivity contribution in [2.45, 2.75) is 31.4 Å². The van der Waals surface area contributed by atoms with Gasteiger partial charge in [0.05, 0.1) is 11.4 Å². The molecule has 1 heterocycles. The summed E-state index contributed by atoms with van der Waals surface area (Å²) in [6.07, 6.45) is 0. The van der Waals surface area contributed by atoms with Crippen LogP contribution in [0.5, 0.6) is 0 Å². The summed E-state index contributed by atoms with van der Waals surface area (Å²) in [5, 5.41) is 2.47. The average Bonchev–Trinajstić information content (AvgIpc) is 3.08. The fourth-order valence-electron chi connectivity index (χ4n) is 2.57. The number of benzene rings is 2. The van der Waals surface area contributed by atoms with E-state index in [0.717, 1.165) is 28.6 Å². The molecule has 0 spiro atoms. The topological polar surface area (TPSA) is 33.2 Å². The normalized spacial score (nSPS) is 10.9. The number of anilines is 2. The van der Waals surface area contributed by atoms with Crippen LogP contribution in [0.3, 0.4) is 0 Å². The molecule has 1 aromatic heterocycles. The molecule has 3 nitrogen and oxygen atoms in total. The largest absolute Gasteiger partial charge is 0.274 e. The van der Waals surface area contributed by atoms with Gasteiger partial charge >= 0.3 is 0 Å². The lowest BCUT2D eigenvalue weighted by Crippen LogP contribution is -2.23. The molecule has 0 aliphatic heterocycles. The van der Waals surface area contributed by atoms with E-state index in [1.54, 1.807) is 4.90 Å². The Hall–Kier alpha value is -2.25. The number of hydrogen-bond acceptors (Lipinski definition) is 4. The first-order valence-electron chi connectivity index (χ1n) is 8.26. The Kier molecular flexibility index (Phi) is 5.92. The van der Waals surface area contributed by atoms with E-state index < -0.39 is 11.6 Å². The molecule has 2 aromatic carbocycles. The first kappa shape index (κ1) is 19.5. The molecule has 3 aromatic rings. The van der Waals surface area contributed by atoms with E-state index in [-0.39, 0.29) is 5.91 Å². The molecule has 0 bridgehead atoms. The molecule has 0 N–H and O–H groups in total. The molecule has 3 rings (SSSR count). The molecule has 7 heteroatoms. The van der Waals surface area contributed by atoms with E-state index in [1.807, 2.05) is 37.4 Å². The van der Waals surface area contributed by atoms with Crippen LogP contribution in [0.25, 0.3) is 0 Å². The summed E-state index contributed by atoms with van der Waals surface area (Å²) in [6, 6.07) is 9.65. The summed E-state index contributed by atoms with van der Waals surface area (Å²) in [4.78, 5) is 19.1. The fraction of sp³-hybridized carbons (Fsp3) is 0.200. The van der Waals surface area contributed by atoms with Crippen molar-refractivity contribution in [1.29, 1.82) is 0 Å². The van der Waals surface area contributed by atoms with Gasteiger partial charge < -0.3 is 0 Å². The van der Waals surface area contributed by atoms with Crippen molar-refractivity contribution in [2.24, 2.45) is 0 Å². The maximum Gasteiger partial charge on any atom is 0.230 e. The van der Waals surface area contributed by atoms with Crippen LogP contribution in [-0.4, -0.2) is 10.9 Å². The number of aromatic nitrogens is 1. The van der Waals surface area contributed by atoms with Gasteiger partial charge in [-0.05, 0) is 49.2 Å². The Balaban J connectivity index is 1.81. The molecule has 0 radical (unpaired) electrons. The first-order valence-corrected chi connectivity index (χ1v) is 10.1. The fourth-order valence-corrected chi connectivity index (χ4v) is 4.37. The lowest BCUT2D eigenvalue weighted by molar-refractivity contribution is -0.115. The highest BCUT2D eigenvalue weighted by Crippen LogP contribution is 2.34. The van der Waals surface area contributed by atoms with E-state index in [2.05, 4.69) is 4.98 Å². The number of rotatable bonds is 5. The predicted molar refractivity (Wildman–Crippen MR) is 107 cm³/mol. The van der Waals surface area contributed by atoms with Crippen LogP contribution in [0, 0.1) is 25.5 Å². The monoisotopic (exact) mass is 404 g/mol. The van der Waals surface area contributed by atoms with Gasteiger partial charge in [-0.25, -0.2) is 13.8 Å². The second-order valence-electron chi connectivity index (χ2n) is 6.06. The number of hydrogen-bond donors (Lipinski definition) is 0. The van der Waals surface area contributed by atoms with Gasteiger partial charge in [-0.1, -0.05) is 12.1 Å². The number of amides is 1. The van der Waals surface area contributed by atoms with Crippen molar-refractivity contribution in [2.75, 3.05) is 4.90 Å². The second-order valence-corrected chi connectivity index (χ2v) is 7.94. The van der Waals surface area contributed by atoms with Gasteiger partial charge in [0.1, 0.15) is 0 Å². The number of thioether (sulfide) groups is 1. The number of carbonyl (C=O) groups excluding carboxylic acids is 1. The minimum atomic E-state index is -0.864. The maximum absolute atomic E-state index is 13.3.